The molecular formula is C12H18N2S2. The van der Waals surface area contributed by atoms with Gasteiger partial charge in [0.2, 0.25) is 0 Å². The van der Waals surface area contributed by atoms with Crippen molar-refractivity contribution in [2.75, 3.05) is 6.54 Å². The highest BCUT2D eigenvalue weighted by molar-refractivity contribution is 8.14. The highest BCUT2D eigenvalue weighted by Gasteiger charge is 2.20. The van der Waals surface area contributed by atoms with Crippen molar-refractivity contribution < 1.29 is 0 Å². The van der Waals surface area contributed by atoms with Crippen LogP contribution in [0.4, 0.5) is 0 Å². The maximum Gasteiger partial charge on any atom is 0.157 e. The molecule has 16 heavy (non-hydrogen) atoms. The van der Waals surface area contributed by atoms with Crippen molar-refractivity contribution >= 4 is 28.3 Å². The van der Waals surface area contributed by atoms with Crippen molar-refractivity contribution in [3.05, 3.63) is 22.4 Å². The van der Waals surface area contributed by atoms with Gasteiger partial charge in [-0.25, -0.2) is 0 Å². The second-order valence-electron chi connectivity index (χ2n) is 4.45. The second kappa shape index (κ2) is 5.73. The lowest BCUT2D eigenvalue weighted by atomic mass is 10.1. The summed E-state index contributed by atoms with van der Waals surface area (Å²) in [6, 6.07) is 4.25. The number of aliphatic imine (C=N–C) groups is 1. The van der Waals surface area contributed by atoms with E-state index in [1.165, 1.54) is 11.3 Å². The van der Waals surface area contributed by atoms with E-state index in [9.17, 15) is 0 Å². The van der Waals surface area contributed by atoms with Gasteiger partial charge in [-0.3, -0.25) is 4.99 Å². The average Bonchev–Trinajstić information content (AvgIpc) is 2.84. The Labute approximate surface area is 106 Å². The number of nitrogens with one attached hydrogen (secondary N) is 1. The van der Waals surface area contributed by atoms with E-state index < -0.39 is 0 Å². The molecule has 88 valence electrons. The predicted molar refractivity (Wildman–Crippen MR) is 74.3 cm³/mol. The molecular weight excluding hydrogens is 236 g/mol. The van der Waals surface area contributed by atoms with Crippen LogP contribution in [-0.4, -0.2) is 17.0 Å². The Morgan fingerprint density at radius 2 is 2.44 bits per heavy atom. The minimum atomic E-state index is 0.686. The zero-order chi connectivity index (χ0) is 11.4. The first-order chi connectivity index (χ1) is 7.74. The molecule has 0 radical (unpaired) electrons. The van der Waals surface area contributed by atoms with Gasteiger partial charge in [-0.1, -0.05) is 31.7 Å². The molecule has 1 aliphatic heterocycles. The van der Waals surface area contributed by atoms with Crippen LogP contribution in [0.1, 0.15) is 25.1 Å². The number of thioether (sulfide) groups is 1. The molecule has 1 N–H and O–H groups in total. The SMILES string of the molecule is CC(C)CC1CN=C(NCc2cccs2)S1. The fourth-order valence-electron chi connectivity index (χ4n) is 1.74. The zero-order valence-corrected chi connectivity index (χ0v) is 11.4. The summed E-state index contributed by atoms with van der Waals surface area (Å²) in [6.45, 7) is 6.45. The second-order valence-corrected chi connectivity index (χ2v) is 6.77. The number of hydrogen-bond acceptors (Lipinski definition) is 4. The van der Waals surface area contributed by atoms with Crippen molar-refractivity contribution in [3.63, 3.8) is 0 Å². The summed E-state index contributed by atoms with van der Waals surface area (Å²) in [5, 5.41) is 7.33. The molecule has 0 saturated carbocycles. The number of nitrogens with zero attached hydrogens (tertiary/aromatic N) is 1. The van der Waals surface area contributed by atoms with E-state index >= 15 is 0 Å². The Kier molecular flexibility index (Phi) is 4.29. The van der Waals surface area contributed by atoms with E-state index in [0.29, 0.717) is 5.25 Å². The molecule has 0 aliphatic carbocycles. The molecule has 1 aromatic rings. The van der Waals surface area contributed by atoms with Gasteiger partial charge in [0.1, 0.15) is 0 Å². The molecule has 1 unspecified atom stereocenters. The van der Waals surface area contributed by atoms with E-state index in [2.05, 4.69) is 41.7 Å². The standard InChI is InChI=1S/C12H18N2S2/c1-9(2)6-11-8-14-12(16-11)13-7-10-4-3-5-15-10/h3-5,9,11H,6-8H2,1-2H3,(H,13,14). The number of hydrogen-bond donors (Lipinski definition) is 1. The third kappa shape index (κ3) is 3.52. The summed E-state index contributed by atoms with van der Waals surface area (Å²) in [5.41, 5.74) is 0. The molecule has 1 atom stereocenters. The molecule has 2 rings (SSSR count). The van der Waals surface area contributed by atoms with Crippen molar-refractivity contribution in [3.8, 4) is 0 Å². The zero-order valence-electron chi connectivity index (χ0n) is 9.77. The highest BCUT2D eigenvalue weighted by atomic mass is 32.2. The van der Waals surface area contributed by atoms with Crippen LogP contribution in [0.5, 0.6) is 0 Å². The van der Waals surface area contributed by atoms with E-state index in [4.69, 9.17) is 0 Å². The molecule has 1 aliphatic rings. The van der Waals surface area contributed by atoms with Gasteiger partial charge in [0.05, 0.1) is 13.1 Å². The van der Waals surface area contributed by atoms with Gasteiger partial charge in [0.25, 0.3) is 0 Å². The molecule has 1 aromatic heterocycles. The van der Waals surface area contributed by atoms with Crippen LogP contribution in [0.2, 0.25) is 0 Å². The third-order valence-corrected chi connectivity index (χ3v) is 4.49. The summed E-state index contributed by atoms with van der Waals surface area (Å²) < 4.78 is 0. The highest BCUT2D eigenvalue weighted by Crippen LogP contribution is 2.25. The first-order valence-electron chi connectivity index (χ1n) is 5.71. The molecule has 0 fully saturated rings. The molecule has 4 heteroatoms. The lowest BCUT2D eigenvalue weighted by Crippen LogP contribution is -2.18. The van der Waals surface area contributed by atoms with E-state index in [-0.39, 0.29) is 0 Å². The molecule has 0 aromatic carbocycles. The summed E-state index contributed by atoms with van der Waals surface area (Å²) in [7, 11) is 0. The van der Waals surface area contributed by atoms with Gasteiger partial charge in [-0.2, -0.15) is 0 Å². The first-order valence-corrected chi connectivity index (χ1v) is 7.47. The van der Waals surface area contributed by atoms with Crippen molar-refractivity contribution in [1.82, 2.24) is 5.32 Å². The van der Waals surface area contributed by atoms with Crippen LogP contribution in [0.3, 0.4) is 0 Å². The summed E-state index contributed by atoms with van der Waals surface area (Å²) in [5.74, 6) is 0.768. The van der Waals surface area contributed by atoms with Crippen molar-refractivity contribution in [2.24, 2.45) is 10.9 Å². The maximum absolute atomic E-state index is 4.54. The van der Waals surface area contributed by atoms with Crippen LogP contribution < -0.4 is 5.32 Å². The lowest BCUT2D eigenvalue weighted by Gasteiger charge is -2.10. The number of amidine groups is 1. The summed E-state index contributed by atoms with van der Waals surface area (Å²) in [4.78, 5) is 5.91. The minimum absolute atomic E-state index is 0.686. The quantitative estimate of drug-likeness (QED) is 0.891. The lowest BCUT2D eigenvalue weighted by molar-refractivity contribution is 0.575. The summed E-state index contributed by atoms with van der Waals surface area (Å²) in [6.07, 6.45) is 1.26. The monoisotopic (exact) mass is 254 g/mol. The summed E-state index contributed by atoms with van der Waals surface area (Å²) >= 11 is 3.70. The van der Waals surface area contributed by atoms with E-state index in [1.807, 2.05) is 11.8 Å². The maximum atomic E-state index is 4.54. The Morgan fingerprint density at radius 1 is 1.56 bits per heavy atom. The van der Waals surface area contributed by atoms with Crippen LogP contribution in [0.25, 0.3) is 0 Å². The molecule has 0 spiro atoms. The first kappa shape index (κ1) is 12.0. The topological polar surface area (TPSA) is 24.4 Å². The number of thiophene rings is 1. The van der Waals surface area contributed by atoms with Crippen LogP contribution in [0, 0.1) is 5.92 Å². The molecule has 0 saturated heterocycles. The largest absolute Gasteiger partial charge is 0.360 e. The Morgan fingerprint density at radius 3 is 3.12 bits per heavy atom. The van der Waals surface area contributed by atoms with Gasteiger partial charge in [-0.15, -0.1) is 11.3 Å². The van der Waals surface area contributed by atoms with Crippen LogP contribution in [-0.2, 0) is 6.54 Å². The van der Waals surface area contributed by atoms with Gasteiger partial charge in [-0.05, 0) is 23.8 Å². The fourth-order valence-corrected chi connectivity index (χ4v) is 3.63. The molecule has 0 amide bonds. The Balaban J connectivity index is 1.72. The van der Waals surface area contributed by atoms with E-state index in [1.54, 1.807) is 11.3 Å². The number of rotatable bonds is 4. The minimum Gasteiger partial charge on any atom is -0.360 e. The molecule has 2 heterocycles. The van der Waals surface area contributed by atoms with Crippen LogP contribution in [0.15, 0.2) is 22.5 Å². The van der Waals surface area contributed by atoms with Gasteiger partial charge in [0, 0.05) is 10.1 Å². The predicted octanol–water partition coefficient (Wildman–Crippen LogP) is 3.36. The average molecular weight is 254 g/mol. The fraction of sp³-hybridized carbons (Fsp3) is 0.583. The van der Waals surface area contributed by atoms with Gasteiger partial charge < -0.3 is 5.32 Å². The normalized spacial score (nSPS) is 20.2. The van der Waals surface area contributed by atoms with Gasteiger partial charge in [0.15, 0.2) is 5.17 Å². The smallest absolute Gasteiger partial charge is 0.157 e. The van der Waals surface area contributed by atoms with Crippen molar-refractivity contribution in [1.29, 1.82) is 0 Å². The van der Waals surface area contributed by atoms with E-state index in [0.717, 1.165) is 24.2 Å². The third-order valence-electron chi connectivity index (χ3n) is 2.45. The molecule has 0 bridgehead atoms. The van der Waals surface area contributed by atoms with Gasteiger partial charge >= 0.3 is 0 Å². The van der Waals surface area contributed by atoms with Crippen LogP contribution >= 0.6 is 23.1 Å². The van der Waals surface area contributed by atoms with Crippen molar-refractivity contribution in [2.45, 2.75) is 32.1 Å². The Hall–Kier alpha value is -0.480. The molecule has 2 nitrogen and oxygen atoms in total. The Bertz CT molecular complexity index is 344.